The number of carbonyl (C=O) groups is 6. The predicted octanol–water partition coefficient (Wildman–Crippen LogP) is 2.88. The first-order chi connectivity index (χ1) is 26.5. The lowest BCUT2D eigenvalue weighted by Crippen LogP contribution is -2.62. The van der Waals surface area contributed by atoms with Crippen LogP contribution in [-0.4, -0.2) is 101 Å². The van der Waals surface area contributed by atoms with Crippen LogP contribution >= 0.6 is 0 Å². The van der Waals surface area contributed by atoms with E-state index in [2.05, 4.69) is 33.5 Å². The van der Waals surface area contributed by atoms with Crippen LogP contribution in [0.3, 0.4) is 0 Å². The molecule has 1 heterocycles. The fourth-order valence-corrected chi connectivity index (χ4v) is 6.70. The van der Waals surface area contributed by atoms with Crippen molar-refractivity contribution < 1.29 is 43.7 Å². The van der Waals surface area contributed by atoms with Crippen molar-refractivity contribution in [3.05, 3.63) is 0 Å². The van der Waals surface area contributed by atoms with Crippen LogP contribution in [0.5, 0.6) is 0 Å². The van der Waals surface area contributed by atoms with Crippen molar-refractivity contribution in [3.8, 4) is 0 Å². The molecule has 1 rings (SSSR count). The Morgan fingerprint density at radius 2 is 1.02 bits per heavy atom. The summed E-state index contributed by atoms with van der Waals surface area (Å²) < 4.78 is 6.00. The number of amides is 5. The maximum atomic E-state index is 14.0. The van der Waals surface area contributed by atoms with Crippen LogP contribution in [-0.2, 0) is 33.5 Å². The number of rotatable bonds is 20. The van der Waals surface area contributed by atoms with Gasteiger partial charge in [0.25, 0.3) is 0 Å². The summed E-state index contributed by atoms with van der Waals surface area (Å²) in [7, 11) is 0. The number of aliphatic hydroxyl groups excluding tert-OH is 2. The fraction of sp³-hybridized carbons (Fsp3) is 0.854. The summed E-state index contributed by atoms with van der Waals surface area (Å²) in [5.41, 5.74) is 6.53. The number of esters is 1. The molecule has 9 N–H and O–H groups in total. The molecule has 9 atom stereocenters. The van der Waals surface area contributed by atoms with E-state index in [0.29, 0.717) is 12.8 Å². The van der Waals surface area contributed by atoms with Gasteiger partial charge in [-0.2, -0.15) is 0 Å². The summed E-state index contributed by atoms with van der Waals surface area (Å²) in [6.07, 6.45) is 10.6. The Labute approximate surface area is 335 Å². The molecule has 0 aliphatic carbocycles. The van der Waals surface area contributed by atoms with Gasteiger partial charge in [-0.05, 0) is 50.4 Å². The Bertz CT molecular complexity index is 1220. The zero-order chi connectivity index (χ0) is 42.4. The summed E-state index contributed by atoms with van der Waals surface area (Å²) in [6, 6.07) is -8.03. The third-order valence-corrected chi connectivity index (χ3v) is 10.4. The smallest absolute Gasteiger partial charge is 0.329 e. The highest BCUT2D eigenvalue weighted by molar-refractivity contribution is 5.97. The van der Waals surface area contributed by atoms with Gasteiger partial charge in [0.1, 0.15) is 42.4 Å². The van der Waals surface area contributed by atoms with E-state index in [9.17, 15) is 39.0 Å². The van der Waals surface area contributed by atoms with E-state index >= 15 is 0 Å². The van der Waals surface area contributed by atoms with Gasteiger partial charge < -0.3 is 47.3 Å². The molecule has 2 unspecified atom stereocenters. The number of nitrogens with one attached hydrogen (secondary N) is 5. The van der Waals surface area contributed by atoms with Gasteiger partial charge in [0.15, 0.2) is 0 Å². The summed E-state index contributed by atoms with van der Waals surface area (Å²) in [5.74, 6) is -5.47. The van der Waals surface area contributed by atoms with Gasteiger partial charge in [0.05, 0.1) is 12.7 Å². The van der Waals surface area contributed by atoms with Gasteiger partial charge in [-0.25, -0.2) is 4.79 Å². The molecule has 0 spiro atoms. The lowest BCUT2D eigenvalue weighted by Gasteiger charge is -2.30. The van der Waals surface area contributed by atoms with Gasteiger partial charge in [0, 0.05) is 0 Å². The molecule has 56 heavy (non-hydrogen) atoms. The molecular formula is C41H76N6O9. The largest absolute Gasteiger partial charge is 0.459 e. The molecular weight excluding hydrogens is 720 g/mol. The molecule has 1 aliphatic heterocycles. The topological polar surface area (TPSA) is 238 Å². The van der Waals surface area contributed by atoms with Crippen LogP contribution in [0.15, 0.2) is 0 Å². The molecule has 15 heteroatoms. The zero-order valence-corrected chi connectivity index (χ0v) is 35.5. The molecule has 1 saturated heterocycles. The fourth-order valence-electron chi connectivity index (χ4n) is 6.70. The average Bonchev–Trinajstić information content (AvgIpc) is 3.13. The van der Waals surface area contributed by atoms with Crippen molar-refractivity contribution in [1.29, 1.82) is 0 Å². The normalized spacial score (nSPS) is 26.2. The Balaban J connectivity index is 3.52. The number of nitrogens with two attached hydrogens (primary N) is 1. The third-order valence-electron chi connectivity index (χ3n) is 10.4. The summed E-state index contributed by atoms with van der Waals surface area (Å²) >= 11 is 0. The first-order valence-corrected chi connectivity index (χ1v) is 21.2. The lowest BCUT2D eigenvalue weighted by molar-refractivity contribution is -0.157. The van der Waals surface area contributed by atoms with Gasteiger partial charge >= 0.3 is 5.97 Å². The molecule has 1 aliphatic rings. The van der Waals surface area contributed by atoms with Crippen molar-refractivity contribution in [1.82, 2.24) is 26.6 Å². The number of aliphatic hydroxyl groups is 2. The van der Waals surface area contributed by atoms with Gasteiger partial charge in [-0.1, -0.05) is 119 Å². The zero-order valence-electron chi connectivity index (χ0n) is 35.5. The van der Waals surface area contributed by atoms with Crippen molar-refractivity contribution >= 4 is 35.5 Å². The van der Waals surface area contributed by atoms with Crippen molar-refractivity contribution in [2.75, 3.05) is 6.61 Å². The Kier molecular flexibility index (Phi) is 24.8. The quantitative estimate of drug-likeness (QED) is 0.0662. The maximum Gasteiger partial charge on any atom is 0.329 e. The highest BCUT2D eigenvalue weighted by Gasteiger charge is 2.38. The van der Waals surface area contributed by atoms with Crippen molar-refractivity contribution in [2.24, 2.45) is 23.5 Å². The van der Waals surface area contributed by atoms with Crippen LogP contribution in [0.2, 0.25) is 0 Å². The van der Waals surface area contributed by atoms with E-state index in [-0.39, 0.29) is 31.1 Å². The van der Waals surface area contributed by atoms with Crippen LogP contribution in [0.1, 0.15) is 152 Å². The van der Waals surface area contributed by atoms with Gasteiger partial charge in [-0.3, -0.25) is 24.0 Å². The Morgan fingerprint density at radius 1 is 0.589 bits per heavy atom. The van der Waals surface area contributed by atoms with E-state index in [1.807, 2.05) is 34.6 Å². The van der Waals surface area contributed by atoms with Crippen LogP contribution in [0, 0.1) is 17.8 Å². The number of unbranched alkanes of at least 4 members (excludes halogenated alkanes) is 10. The third kappa shape index (κ3) is 18.8. The van der Waals surface area contributed by atoms with Gasteiger partial charge in [0.2, 0.25) is 29.5 Å². The second kappa shape index (κ2) is 27.4. The second-order valence-corrected chi connectivity index (χ2v) is 16.5. The number of hydrogen-bond acceptors (Lipinski definition) is 10. The molecule has 0 aromatic heterocycles. The lowest BCUT2D eigenvalue weighted by atomic mass is 9.96. The Morgan fingerprint density at radius 3 is 1.48 bits per heavy atom. The number of carbonyl (C=O) groups excluding carboxylic acids is 6. The highest BCUT2D eigenvalue weighted by Crippen LogP contribution is 2.19. The van der Waals surface area contributed by atoms with E-state index in [1.54, 1.807) is 6.92 Å². The highest BCUT2D eigenvalue weighted by atomic mass is 16.5. The maximum absolute atomic E-state index is 14.0. The average molecular weight is 797 g/mol. The molecule has 5 amide bonds. The molecule has 0 radical (unpaired) electrons. The molecule has 1 fully saturated rings. The van der Waals surface area contributed by atoms with E-state index in [0.717, 1.165) is 25.7 Å². The first-order valence-electron chi connectivity index (χ1n) is 21.2. The number of hydrogen-bond donors (Lipinski definition) is 8. The molecule has 324 valence electrons. The number of ether oxygens (including phenoxy) is 1. The van der Waals surface area contributed by atoms with E-state index in [1.165, 1.54) is 45.4 Å². The predicted molar refractivity (Wildman–Crippen MR) is 216 cm³/mol. The minimum atomic E-state index is -1.58. The summed E-state index contributed by atoms with van der Waals surface area (Å²) in [4.78, 5) is 82.0. The van der Waals surface area contributed by atoms with Crippen LogP contribution in [0.25, 0.3) is 0 Å². The van der Waals surface area contributed by atoms with Gasteiger partial charge in [-0.15, -0.1) is 0 Å². The minimum Gasteiger partial charge on any atom is -0.459 e. The first kappa shape index (κ1) is 50.7. The van der Waals surface area contributed by atoms with E-state index in [4.69, 9.17) is 10.5 Å². The number of cyclic esters (lactones) is 1. The standard InChI is InChI=1S/C41H76N6O9/c1-9-11-12-13-14-15-16-17-18-19-20-21-32-33(42)39(53)43-29(22-25(3)4)36(50)45-31(24-48)38(52)47-35(28(8)49)40(54)44-30(23-26(5)6)37(51)46-34(27(7)10-2)41(55)56-32/h25-35,48-49H,9-24,42H2,1-8H3,(H,43,53)(H,44,54)(H,45,50)(H,46,51)(H,47,52)/t27-,28+,29-,30-,31-,32?,33-,34?,35-/m0/s1. The summed E-state index contributed by atoms with van der Waals surface area (Å²) in [5, 5.41) is 33.5. The SMILES string of the molecule is CCCCCCCCCCCCCC1OC(=O)C([C@@H](C)CC)NC(=O)[C@H](CC(C)C)NC(=O)[C@H]([C@@H](C)O)NC(=O)[C@H](CO)NC(=O)[C@H](CC(C)C)NC(=O)[C@H]1N. The summed E-state index contributed by atoms with van der Waals surface area (Å²) in [6.45, 7) is 13.6. The van der Waals surface area contributed by atoms with E-state index < -0.39 is 96.5 Å². The molecule has 15 nitrogen and oxygen atoms in total. The minimum absolute atomic E-state index is 0.0966. The Hall–Kier alpha value is -3.30. The van der Waals surface area contributed by atoms with Crippen LogP contribution in [0.4, 0.5) is 0 Å². The monoisotopic (exact) mass is 797 g/mol. The van der Waals surface area contributed by atoms with Crippen molar-refractivity contribution in [2.45, 2.75) is 200 Å². The molecule has 0 saturated carbocycles. The molecule has 0 aromatic rings. The molecule has 0 aromatic carbocycles. The second-order valence-electron chi connectivity index (χ2n) is 16.5. The van der Waals surface area contributed by atoms with Crippen LogP contribution < -0.4 is 32.3 Å². The van der Waals surface area contributed by atoms with Crippen molar-refractivity contribution in [3.63, 3.8) is 0 Å². The molecule has 0 bridgehead atoms.